The molecule has 12 rings (SSSR count). The summed E-state index contributed by atoms with van der Waals surface area (Å²) in [7, 11) is 0. The number of hydrogen-bond acceptors (Lipinski definition) is 3. The molecular weight excluding hydrogens is 546 g/mol. The maximum absolute atomic E-state index is 3.54. The summed E-state index contributed by atoms with van der Waals surface area (Å²) in [5.74, 6) is 10.8. The van der Waals surface area contributed by atoms with Gasteiger partial charge in [-0.15, -0.1) is 0 Å². The molecule has 12 aliphatic rings. The Morgan fingerprint density at radius 3 is 1.60 bits per heavy atom. The lowest BCUT2D eigenvalue weighted by molar-refractivity contribution is -0.205. The second kappa shape index (κ2) is 10.2. The van der Waals surface area contributed by atoms with Crippen LogP contribution in [-0.2, 0) is 0 Å². The van der Waals surface area contributed by atoms with Crippen LogP contribution in [0.5, 0.6) is 0 Å². The predicted octanol–water partition coefficient (Wildman–Crippen LogP) is 8.51. The van der Waals surface area contributed by atoms with E-state index in [1.165, 1.54) is 12.8 Å². The van der Waals surface area contributed by atoms with Gasteiger partial charge in [-0.3, -0.25) is 14.7 Å². The Labute approximate surface area is 275 Å². The molecule has 3 nitrogen and oxygen atoms in total. The summed E-state index contributed by atoms with van der Waals surface area (Å²) in [6.45, 7) is 0. The van der Waals surface area contributed by atoms with Crippen LogP contribution in [-0.4, -0.2) is 69.1 Å². The molecule has 0 spiro atoms. The Kier molecular flexibility index (Phi) is 6.28. The first-order valence-corrected chi connectivity index (χ1v) is 21.7. The van der Waals surface area contributed by atoms with Crippen LogP contribution in [0.3, 0.4) is 0 Å². The number of nitrogens with zero attached hydrogens (tertiary/aromatic N) is 3. The van der Waals surface area contributed by atoms with E-state index in [-0.39, 0.29) is 0 Å². The van der Waals surface area contributed by atoms with Gasteiger partial charge in [-0.2, -0.15) is 0 Å². The van der Waals surface area contributed by atoms with Gasteiger partial charge in [0.05, 0.1) is 0 Å². The molecule has 12 fully saturated rings. The van der Waals surface area contributed by atoms with Crippen molar-refractivity contribution in [2.24, 2.45) is 59.2 Å². The van der Waals surface area contributed by atoms with Crippen molar-refractivity contribution in [3.8, 4) is 0 Å². The van der Waals surface area contributed by atoms with Crippen molar-refractivity contribution in [3.05, 3.63) is 0 Å². The van der Waals surface area contributed by atoms with Gasteiger partial charge in [-0.1, -0.05) is 70.6 Å². The fourth-order valence-corrected chi connectivity index (χ4v) is 18.6. The summed E-state index contributed by atoms with van der Waals surface area (Å²) in [6, 6.07) is 8.34. The first kappa shape index (κ1) is 27.7. The molecule has 8 aliphatic carbocycles. The van der Waals surface area contributed by atoms with Crippen molar-refractivity contribution >= 4 is 0 Å². The predicted molar refractivity (Wildman–Crippen MR) is 181 cm³/mol. The zero-order valence-corrected chi connectivity index (χ0v) is 28.6. The molecule has 8 saturated carbocycles. The molecule has 0 radical (unpaired) electrons. The third-order valence-corrected chi connectivity index (χ3v) is 19.1. The number of fused-ring (bicyclic) bond motifs is 17. The van der Waals surface area contributed by atoms with Gasteiger partial charge in [0.2, 0.25) is 0 Å². The van der Waals surface area contributed by atoms with Crippen LogP contribution in [0.2, 0.25) is 0 Å². The van der Waals surface area contributed by atoms with E-state index in [1.807, 2.05) is 0 Å². The summed E-state index contributed by atoms with van der Waals surface area (Å²) >= 11 is 0. The molecule has 4 saturated heterocycles. The standard InChI is InChI=1S/C42H65N3/c1-2-12-25-24(11-1)23-36-42-37(25)30-17-7-8-19-32(30)43(42)34-21-10-22-35-41(34)44(36)33-20-9-18-31-38-28-15-5-3-13-26(28)27-14-4-6-16-29(27)40(38)45(35)39(31)33/h24-42H,1-23H2. The second-order valence-electron chi connectivity index (χ2n) is 19.9. The molecule has 0 bridgehead atoms. The lowest BCUT2D eigenvalue weighted by Gasteiger charge is -2.70. The van der Waals surface area contributed by atoms with Crippen LogP contribution in [0.1, 0.15) is 148 Å². The van der Waals surface area contributed by atoms with Crippen LogP contribution >= 0.6 is 0 Å². The average molecular weight is 612 g/mol. The topological polar surface area (TPSA) is 9.72 Å². The van der Waals surface area contributed by atoms with Gasteiger partial charge in [0, 0.05) is 54.4 Å². The smallest absolute Gasteiger partial charge is 0.0414 e. The van der Waals surface area contributed by atoms with Crippen molar-refractivity contribution < 1.29 is 0 Å². The Balaban J connectivity index is 1.00. The maximum Gasteiger partial charge on any atom is 0.0414 e. The maximum atomic E-state index is 3.54. The molecular formula is C42H65N3. The fourth-order valence-electron chi connectivity index (χ4n) is 18.6. The molecule has 0 aromatic heterocycles. The first-order valence-electron chi connectivity index (χ1n) is 21.7. The highest BCUT2D eigenvalue weighted by Crippen LogP contribution is 2.67. The fraction of sp³-hybridized carbons (Fsp3) is 1.00. The first-order chi connectivity index (χ1) is 22.4. The molecule has 4 aliphatic heterocycles. The molecule has 0 N–H and O–H groups in total. The summed E-state index contributed by atoms with van der Waals surface area (Å²) in [6.07, 6.45) is 36.2. The Morgan fingerprint density at radius 1 is 0.267 bits per heavy atom. The van der Waals surface area contributed by atoms with Crippen molar-refractivity contribution in [2.75, 3.05) is 0 Å². The van der Waals surface area contributed by atoms with Gasteiger partial charge < -0.3 is 0 Å². The quantitative estimate of drug-likeness (QED) is 0.272. The number of piperazine rings is 2. The van der Waals surface area contributed by atoms with Gasteiger partial charge in [0.15, 0.2) is 0 Å². The van der Waals surface area contributed by atoms with Crippen molar-refractivity contribution in [1.29, 1.82) is 0 Å². The molecule has 4 heterocycles. The SMILES string of the molecule is C1CCC2C(C1)CC1C3C2C2CCCCC2N3C2CCCC3C2N1C1CCCC2C4C5CCCCC5C5CCCCC5C4N3C21. The van der Waals surface area contributed by atoms with E-state index in [1.54, 1.807) is 135 Å². The highest BCUT2D eigenvalue weighted by molar-refractivity contribution is 5.26. The lowest BCUT2D eigenvalue weighted by atomic mass is 9.51. The third kappa shape index (κ3) is 3.52. The Morgan fingerprint density at radius 2 is 0.778 bits per heavy atom. The molecule has 3 heteroatoms. The minimum absolute atomic E-state index is 0.881. The van der Waals surface area contributed by atoms with Crippen LogP contribution in [0.15, 0.2) is 0 Å². The van der Waals surface area contributed by atoms with Crippen molar-refractivity contribution in [1.82, 2.24) is 14.7 Å². The second-order valence-corrected chi connectivity index (χ2v) is 19.9. The highest BCUT2D eigenvalue weighted by Gasteiger charge is 2.72. The van der Waals surface area contributed by atoms with E-state index in [0.29, 0.717) is 0 Å². The van der Waals surface area contributed by atoms with E-state index in [9.17, 15) is 0 Å². The monoisotopic (exact) mass is 612 g/mol. The molecule has 0 aromatic rings. The normalized spacial score (nSPS) is 61.5. The van der Waals surface area contributed by atoms with Crippen molar-refractivity contribution in [3.63, 3.8) is 0 Å². The summed E-state index contributed by atoms with van der Waals surface area (Å²) in [5.41, 5.74) is 0. The van der Waals surface area contributed by atoms with Gasteiger partial charge >= 0.3 is 0 Å². The summed E-state index contributed by atoms with van der Waals surface area (Å²) < 4.78 is 0. The van der Waals surface area contributed by atoms with Gasteiger partial charge in [0.25, 0.3) is 0 Å². The Hall–Kier alpha value is -0.120. The van der Waals surface area contributed by atoms with E-state index in [4.69, 9.17) is 0 Å². The molecule has 248 valence electrons. The third-order valence-electron chi connectivity index (χ3n) is 19.1. The van der Waals surface area contributed by atoms with Gasteiger partial charge in [0.1, 0.15) is 0 Å². The number of rotatable bonds is 0. The van der Waals surface area contributed by atoms with E-state index in [0.717, 1.165) is 114 Å². The van der Waals surface area contributed by atoms with Crippen molar-refractivity contribution in [2.45, 2.75) is 202 Å². The molecule has 19 unspecified atom stereocenters. The zero-order chi connectivity index (χ0) is 29.0. The lowest BCUT2D eigenvalue weighted by Crippen LogP contribution is -2.82. The minimum Gasteiger partial charge on any atom is -0.291 e. The van der Waals surface area contributed by atoms with Crippen LogP contribution < -0.4 is 0 Å². The van der Waals surface area contributed by atoms with E-state index < -0.39 is 0 Å². The molecule has 19 atom stereocenters. The average Bonchev–Trinajstić information content (AvgIpc) is 3.64. The summed E-state index contributed by atoms with van der Waals surface area (Å²) in [4.78, 5) is 10.5. The Bertz CT molecular complexity index is 1170. The molecule has 0 amide bonds. The van der Waals surface area contributed by atoms with E-state index in [2.05, 4.69) is 14.7 Å². The number of hydrogen-bond donors (Lipinski definition) is 0. The zero-order valence-electron chi connectivity index (χ0n) is 28.6. The highest BCUT2D eigenvalue weighted by atomic mass is 15.5. The van der Waals surface area contributed by atoms with Gasteiger partial charge in [-0.05, 0) is 136 Å². The van der Waals surface area contributed by atoms with Crippen LogP contribution in [0.25, 0.3) is 0 Å². The summed E-state index contributed by atoms with van der Waals surface area (Å²) in [5, 5.41) is 0. The van der Waals surface area contributed by atoms with Crippen LogP contribution in [0, 0.1) is 59.2 Å². The molecule has 0 aromatic carbocycles. The van der Waals surface area contributed by atoms with Gasteiger partial charge in [-0.25, -0.2) is 0 Å². The minimum atomic E-state index is 0.881. The largest absolute Gasteiger partial charge is 0.291 e. The van der Waals surface area contributed by atoms with E-state index >= 15 is 0 Å². The molecule has 45 heavy (non-hydrogen) atoms. The van der Waals surface area contributed by atoms with Crippen LogP contribution in [0.4, 0.5) is 0 Å².